The second-order valence-corrected chi connectivity index (χ2v) is 4.48. The second kappa shape index (κ2) is 6.55. The maximum Gasteiger partial charge on any atom is 0.271 e. The molecular weight excluding hydrogens is 290 g/mol. The van der Waals surface area contributed by atoms with Gasteiger partial charge in [0.15, 0.2) is 0 Å². The van der Waals surface area contributed by atoms with E-state index in [0.29, 0.717) is 16.1 Å². The van der Waals surface area contributed by atoms with Crippen LogP contribution in [0.2, 0.25) is 5.02 Å². The van der Waals surface area contributed by atoms with Gasteiger partial charge in [0.2, 0.25) is 0 Å². The SMILES string of the molecule is N#Cc1ccc(C(=O)NNC(=O)c2ccccc2Cl)cc1. The van der Waals surface area contributed by atoms with E-state index in [1.807, 2.05) is 6.07 Å². The fourth-order valence-corrected chi connectivity index (χ4v) is 1.82. The van der Waals surface area contributed by atoms with Gasteiger partial charge in [0.1, 0.15) is 0 Å². The Morgan fingerprint density at radius 1 is 0.952 bits per heavy atom. The van der Waals surface area contributed by atoms with Crippen LogP contribution in [0.15, 0.2) is 48.5 Å². The molecule has 6 heteroatoms. The highest BCUT2D eigenvalue weighted by Crippen LogP contribution is 2.14. The van der Waals surface area contributed by atoms with E-state index < -0.39 is 11.8 Å². The molecule has 5 nitrogen and oxygen atoms in total. The number of hydrogen-bond acceptors (Lipinski definition) is 3. The second-order valence-electron chi connectivity index (χ2n) is 4.08. The average molecular weight is 300 g/mol. The average Bonchev–Trinajstić information content (AvgIpc) is 2.52. The predicted octanol–water partition coefficient (Wildman–Crippen LogP) is 2.29. The van der Waals surface area contributed by atoms with Gasteiger partial charge < -0.3 is 0 Å². The van der Waals surface area contributed by atoms with E-state index >= 15 is 0 Å². The number of carbonyl (C=O) groups excluding carboxylic acids is 2. The van der Waals surface area contributed by atoms with Crippen molar-refractivity contribution in [2.24, 2.45) is 0 Å². The van der Waals surface area contributed by atoms with E-state index in [0.717, 1.165) is 0 Å². The molecule has 0 unspecified atom stereocenters. The Labute approximate surface area is 126 Å². The smallest absolute Gasteiger partial charge is 0.267 e. The van der Waals surface area contributed by atoms with Gasteiger partial charge in [-0.05, 0) is 36.4 Å². The van der Waals surface area contributed by atoms with Gasteiger partial charge >= 0.3 is 0 Å². The third-order valence-corrected chi connectivity index (χ3v) is 3.01. The number of hydrogen-bond donors (Lipinski definition) is 2. The predicted molar refractivity (Wildman–Crippen MR) is 77.5 cm³/mol. The summed E-state index contributed by atoms with van der Waals surface area (Å²) >= 11 is 5.88. The van der Waals surface area contributed by atoms with Crippen LogP contribution in [0.5, 0.6) is 0 Å². The standard InChI is InChI=1S/C15H10ClN3O2/c16-13-4-2-1-3-12(13)15(21)19-18-14(20)11-7-5-10(9-17)6-8-11/h1-8H,(H,18,20)(H,19,21). The molecule has 2 aromatic carbocycles. The molecule has 0 atom stereocenters. The first kappa shape index (κ1) is 14.6. The van der Waals surface area contributed by atoms with Crippen molar-refractivity contribution in [1.82, 2.24) is 10.9 Å². The van der Waals surface area contributed by atoms with Crippen molar-refractivity contribution in [2.75, 3.05) is 0 Å². The van der Waals surface area contributed by atoms with Crippen molar-refractivity contribution >= 4 is 23.4 Å². The lowest BCUT2D eigenvalue weighted by molar-refractivity contribution is 0.0847. The summed E-state index contributed by atoms with van der Waals surface area (Å²) in [5.41, 5.74) is 5.60. The van der Waals surface area contributed by atoms with Crippen LogP contribution in [0.1, 0.15) is 26.3 Å². The summed E-state index contributed by atoms with van der Waals surface area (Å²) in [7, 11) is 0. The summed E-state index contributed by atoms with van der Waals surface area (Å²) in [5.74, 6) is -0.998. The molecule has 21 heavy (non-hydrogen) atoms. The van der Waals surface area contributed by atoms with Crippen LogP contribution < -0.4 is 10.9 Å². The summed E-state index contributed by atoms with van der Waals surface area (Å²) in [5, 5.41) is 8.97. The lowest BCUT2D eigenvalue weighted by Crippen LogP contribution is -2.41. The molecule has 0 saturated heterocycles. The number of rotatable bonds is 2. The Morgan fingerprint density at radius 3 is 2.19 bits per heavy atom. The summed E-state index contributed by atoms with van der Waals surface area (Å²) in [6, 6.07) is 14.5. The summed E-state index contributed by atoms with van der Waals surface area (Å²) in [6.45, 7) is 0. The van der Waals surface area contributed by atoms with Gasteiger partial charge in [-0.2, -0.15) is 5.26 Å². The van der Waals surface area contributed by atoms with E-state index in [4.69, 9.17) is 16.9 Å². The Bertz CT molecular complexity index is 720. The normalized spacial score (nSPS) is 9.52. The molecule has 0 fully saturated rings. The molecule has 0 saturated carbocycles. The van der Waals surface area contributed by atoms with Crippen LogP contribution >= 0.6 is 11.6 Å². The van der Waals surface area contributed by atoms with Gasteiger partial charge in [0.25, 0.3) is 11.8 Å². The molecule has 0 heterocycles. The molecule has 0 aliphatic heterocycles. The largest absolute Gasteiger partial charge is 0.271 e. The molecule has 0 aliphatic carbocycles. The first-order chi connectivity index (χ1) is 10.1. The fraction of sp³-hybridized carbons (Fsp3) is 0. The van der Waals surface area contributed by atoms with Crippen LogP contribution in [0.3, 0.4) is 0 Å². The van der Waals surface area contributed by atoms with E-state index in [9.17, 15) is 9.59 Å². The number of amides is 2. The molecule has 0 radical (unpaired) electrons. The van der Waals surface area contributed by atoms with Crippen LogP contribution in [-0.2, 0) is 0 Å². The fourth-order valence-electron chi connectivity index (χ4n) is 1.59. The molecule has 2 rings (SSSR count). The molecule has 0 aromatic heterocycles. The maximum atomic E-state index is 11.8. The monoisotopic (exact) mass is 299 g/mol. The van der Waals surface area contributed by atoms with Crippen molar-refractivity contribution in [3.05, 3.63) is 70.2 Å². The van der Waals surface area contributed by atoms with Crippen molar-refractivity contribution in [3.8, 4) is 6.07 Å². The van der Waals surface area contributed by atoms with Crippen molar-refractivity contribution in [2.45, 2.75) is 0 Å². The van der Waals surface area contributed by atoms with Gasteiger partial charge in [0, 0.05) is 5.56 Å². The molecule has 2 N–H and O–H groups in total. The highest BCUT2D eigenvalue weighted by molar-refractivity contribution is 6.33. The number of halogens is 1. The lowest BCUT2D eigenvalue weighted by Gasteiger charge is -2.08. The maximum absolute atomic E-state index is 11.8. The Hall–Kier alpha value is -2.84. The number of carbonyl (C=O) groups is 2. The van der Waals surface area contributed by atoms with Crippen molar-refractivity contribution in [1.29, 1.82) is 5.26 Å². The molecule has 0 aliphatic rings. The summed E-state index contributed by atoms with van der Waals surface area (Å²) in [4.78, 5) is 23.7. The Kier molecular flexibility index (Phi) is 4.54. The molecule has 104 valence electrons. The first-order valence-corrected chi connectivity index (χ1v) is 6.35. The quantitative estimate of drug-likeness (QED) is 0.835. The molecule has 0 bridgehead atoms. The Balaban J connectivity index is 1.99. The summed E-state index contributed by atoms with van der Waals surface area (Å²) in [6.07, 6.45) is 0. The summed E-state index contributed by atoms with van der Waals surface area (Å²) < 4.78 is 0. The lowest BCUT2D eigenvalue weighted by atomic mass is 10.1. The minimum atomic E-state index is -0.511. The van der Waals surface area contributed by atoms with Crippen LogP contribution in [0.4, 0.5) is 0 Å². The van der Waals surface area contributed by atoms with Crippen LogP contribution in [-0.4, -0.2) is 11.8 Å². The van der Waals surface area contributed by atoms with E-state index in [1.165, 1.54) is 24.3 Å². The van der Waals surface area contributed by atoms with E-state index in [2.05, 4.69) is 10.9 Å². The van der Waals surface area contributed by atoms with Crippen LogP contribution in [0, 0.1) is 11.3 Å². The van der Waals surface area contributed by atoms with Gasteiger partial charge in [-0.1, -0.05) is 23.7 Å². The van der Waals surface area contributed by atoms with Gasteiger partial charge in [-0.3, -0.25) is 20.4 Å². The third-order valence-electron chi connectivity index (χ3n) is 2.68. The number of hydrazine groups is 1. The molecule has 0 spiro atoms. The highest BCUT2D eigenvalue weighted by Gasteiger charge is 2.11. The molecule has 2 aromatic rings. The number of nitriles is 1. The minimum Gasteiger partial charge on any atom is -0.267 e. The highest BCUT2D eigenvalue weighted by atomic mass is 35.5. The molecular formula is C15H10ClN3O2. The van der Waals surface area contributed by atoms with Crippen molar-refractivity contribution in [3.63, 3.8) is 0 Å². The zero-order chi connectivity index (χ0) is 15.2. The topological polar surface area (TPSA) is 82.0 Å². The van der Waals surface area contributed by atoms with E-state index in [-0.39, 0.29) is 5.56 Å². The first-order valence-electron chi connectivity index (χ1n) is 5.97. The Morgan fingerprint density at radius 2 is 1.57 bits per heavy atom. The van der Waals surface area contributed by atoms with E-state index in [1.54, 1.807) is 24.3 Å². The zero-order valence-corrected chi connectivity index (χ0v) is 11.5. The van der Waals surface area contributed by atoms with Crippen LogP contribution in [0.25, 0.3) is 0 Å². The number of nitrogens with one attached hydrogen (secondary N) is 2. The number of benzene rings is 2. The number of nitrogens with zero attached hydrogens (tertiary/aromatic N) is 1. The molecule has 2 amide bonds. The van der Waals surface area contributed by atoms with Gasteiger partial charge in [-0.15, -0.1) is 0 Å². The third kappa shape index (κ3) is 3.59. The van der Waals surface area contributed by atoms with Gasteiger partial charge in [-0.25, -0.2) is 0 Å². The zero-order valence-electron chi connectivity index (χ0n) is 10.8. The van der Waals surface area contributed by atoms with Crippen molar-refractivity contribution < 1.29 is 9.59 Å². The minimum absolute atomic E-state index is 0.263. The van der Waals surface area contributed by atoms with Gasteiger partial charge in [0.05, 0.1) is 22.2 Å².